The van der Waals surface area contributed by atoms with Crippen LogP contribution in [0.15, 0.2) is 78.9 Å². The molecule has 0 heterocycles. The van der Waals surface area contributed by atoms with Crippen molar-refractivity contribution in [2.75, 3.05) is 13.1 Å². The van der Waals surface area contributed by atoms with Gasteiger partial charge in [0, 0.05) is 25.4 Å². The molecular weight excluding hydrogens is 442 g/mol. The Balaban J connectivity index is 1.51. The zero-order valence-corrected chi connectivity index (χ0v) is 19.6. The number of rotatable bonds is 13. The van der Waals surface area contributed by atoms with Gasteiger partial charge in [0.05, 0.1) is 6.54 Å². The number of carboxylic acids is 1. The van der Waals surface area contributed by atoms with Crippen LogP contribution in [0.1, 0.15) is 24.8 Å². The van der Waals surface area contributed by atoms with E-state index >= 15 is 0 Å². The number of aryl methyl sites for hydroxylation is 1. The number of amides is 2. The smallest absolute Gasteiger partial charge is 0.303 e. The summed E-state index contributed by atoms with van der Waals surface area (Å²) in [5.41, 5.74) is 10.7. The molecule has 3 aromatic rings. The summed E-state index contributed by atoms with van der Waals surface area (Å²) >= 11 is 0. The number of hydrogen-bond donors (Lipinski definition) is 4. The number of aliphatic carboxylic acids is 1. The average Bonchev–Trinajstić information content (AvgIpc) is 2.86. The van der Waals surface area contributed by atoms with E-state index in [1.54, 1.807) is 0 Å². The molecule has 0 saturated heterocycles. The van der Waals surface area contributed by atoms with E-state index in [4.69, 9.17) is 10.8 Å². The van der Waals surface area contributed by atoms with Gasteiger partial charge in [-0.15, -0.1) is 0 Å². The van der Waals surface area contributed by atoms with Crippen molar-refractivity contribution in [3.63, 3.8) is 0 Å². The lowest BCUT2D eigenvalue weighted by molar-refractivity contribution is -0.137. The molecular formula is C28H31N3O4. The van der Waals surface area contributed by atoms with E-state index in [-0.39, 0.29) is 44.3 Å². The van der Waals surface area contributed by atoms with Gasteiger partial charge in [0.1, 0.15) is 0 Å². The first kappa shape index (κ1) is 25.6. The van der Waals surface area contributed by atoms with Gasteiger partial charge >= 0.3 is 5.97 Å². The van der Waals surface area contributed by atoms with Gasteiger partial charge in [0.2, 0.25) is 11.8 Å². The van der Waals surface area contributed by atoms with Crippen molar-refractivity contribution in [3.05, 3.63) is 84.4 Å². The number of carboxylic acid groups (broad SMARTS) is 1. The van der Waals surface area contributed by atoms with Crippen LogP contribution in [-0.2, 0) is 20.8 Å². The number of hydrogen-bond acceptors (Lipinski definition) is 4. The summed E-state index contributed by atoms with van der Waals surface area (Å²) < 4.78 is 0. The number of nitrogens with two attached hydrogens (primary N) is 1. The second kappa shape index (κ2) is 13.1. The molecule has 2 amide bonds. The average molecular weight is 474 g/mol. The molecule has 0 spiro atoms. The van der Waals surface area contributed by atoms with Crippen LogP contribution in [0.5, 0.6) is 0 Å². The number of nitrogens with one attached hydrogen (secondary N) is 2. The summed E-state index contributed by atoms with van der Waals surface area (Å²) in [6.45, 7) is 0.250. The molecule has 0 bridgehead atoms. The Kier molecular flexibility index (Phi) is 9.57. The minimum atomic E-state index is -0.936. The predicted octanol–water partition coefficient (Wildman–Crippen LogP) is 3.38. The van der Waals surface area contributed by atoms with Crippen LogP contribution >= 0.6 is 0 Å². The van der Waals surface area contributed by atoms with Crippen molar-refractivity contribution in [1.29, 1.82) is 0 Å². The number of carbonyl (C=O) groups is 3. The van der Waals surface area contributed by atoms with Crippen LogP contribution in [0.3, 0.4) is 0 Å². The zero-order chi connectivity index (χ0) is 25.0. The summed E-state index contributed by atoms with van der Waals surface area (Å²) in [5, 5.41) is 14.6. The molecule has 182 valence electrons. The molecule has 35 heavy (non-hydrogen) atoms. The summed E-state index contributed by atoms with van der Waals surface area (Å²) in [6.07, 6.45) is 1.05. The first-order valence-electron chi connectivity index (χ1n) is 11.7. The van der Waals surface area contributed by atoms with Crippen molar-refractivity contribution in [3.8, 4) is 22.3 Å². The lowest BCUT2D eigenvalue weighted by Gasteiger charge is -2.18. The topological polar surface area (TPSA) is 122 Å². The van der Waals surface area contributed by atoms with Gasteiger partial charge in [-0.3, -0.25) is 14.4 Å². The maximum absolute atomic E-state index is 12.4. The fraction of sp³-hybridized carbons (Fsp3) is 0.250. The lowest BCUT2D eigenvalue weighted by atomic mass is 9.99. The third kappa shape index (κ3) is 8.72. The summed E-state index contributed by atoms with van der Waals surface area (Å²) in [7, 11) is 0. The highest BCUT2D eigenvalue weighted by Gasteiger charge is 2.14. The Morgan fingerprint density at radius 3 is 1.86 bits per heavy atom. The van der Waals surface area contributed by atoms with Crippen LogP contribution in [0, 0.1) is 0 Å². The maximum Gasteiger partial charge on any atom is 0.303 e. The largest absolute Gasteiger partial charge is 0.481 e. The van der Waals surface area contributed by atoms with E-state index in [1.165, 1.54) is 11.1 Å². The molecule has 7 heteroatoms. The molecule has 0 saturated carbocycles. The van der Waals surface area contributed by atoms with Crippen LogP contribution in [0.4, 0.5) is 0 Å². The molecule has 3 rings (SSSR count). The molecule has 5 N–H and O–H groups in total. The van der Waals surface area contributed by atoms with Gasteiger partial charge in [-0.25, -0.2) is 0 Å². The highest BCUT2D eigenvalue weighted by molar-refractivity contribution is 5.77. The Hall–Kier alpha value is -3.97. The summed E-state index contributed by atoms with van der Waals surface area (Å²) in [4.78, 5) is 34.2. The van der Waals surface area contributed by atoms with Crippen molar-refractivity contribution in [2.45, 2.75) is 31.7 Å². The van der Waals surface area contributed by atoms with Crippen LogP contribution in [-0.4, -0.2) is 42.0 Å². The van der Waals surface area contributed by atoms with Gasteiger partial charge in [-0.2, -0.15) is 0 Å². The predicted molar refractivity (Wildman–Crippen MR) is 136 cm³/mol. The highest BCUT2D eigenvalue weighted by Crippen LogP contribution is 2.25. The fourth-order valence-corrected chi connectivity index (χ4v) is 3.80. The van der Waals surface area contributed by atoms with Crippen LogP contribution in [0.2, 0.25) is 0 Å². The maximum atomic E-state index is 12.4. The summed E-state index contributed by atoms with van der Waals surface area (Å²) in [5.74, 6) is -1.61. The Morgan fingerprint density at radius 2 is 1.31 bits per heavy atom. The molecule has 0 aliphatic heterocycles. The van der Waals surface area contributed by atoms with Crippen LogP contribution < -0.4 is 16.4 Å². The molecule has 0 aliphatic carbocycles. The van der Waals surface area contributed by atoms with Gasteiger partial charge in [0.25, 0.3) is 0 Å². The normalized spacial score (nSPS) is 11.5. The van der Waals surface area contributed by atoms with E-state index < -0.39 is 11.9 Å². The Labute approximate surface area is 205 Å². The van der Waals surface area contributed by atoms with Crippen LogP contribution in [0.25, 0.3) is 22.3 Å². The monoisotopic (exact) mass is 473 g/mol. The molecule has 1 unspecified atom stereocenters. The molecule has 0 radical (unpaired) electrons. The summed E-state index contributed by atoms with van der Waals surface area (Å²) in [6, 6.07) is 26.4. The molecule has 7 nitrogen and oxygen atoms in total. The second-order valence-electron chi connectivity index (χ2n) is 8.43. The van der Waals surface area contributed by atoms with E-state index in [0.717, 1.165) is 16.7 Å². The molecule has 0 aliphatic rings. The third-order valence-electron chi connectivity index (χ3n) is 5.68. The van der Waals surface area contributed by atoms with E-state index in [2.05, 4.69) is 47.0 Å². The fourth-order valence-electron chi connectivity index (χ4n) is 3.80. The quantitative estimate of drug-likeness (QED) is 0.303. The van der Waals surface area contributed by atoms with Gasteiger partial charge in [-0.05, 0) is 40.7 Å². The first-order chi connectivity index (χ1) is 16.9. The third-order valence-corrected chi connectivity index (χ3v) is 5.68. The molecule has 0 aromatic heterocycles. The molecule has 1 atom stereocenters. The number of primary amides is 1. The number of benzene rings is 3. The lowest BCUT2D eigenvalue weighted by Crippen LogP contribution is -2.44. The second-order valence-corrected chi connectivity index (χ2v) is 8.43. The minimum absolute atomic E-state index is 0.0270. The Bertz CT molecular complexity index is 1110. The van der Waals surface area contributed by atoms with Gasteiger partial charge < -0.3 is 21.5 Å². The van der Waals surface area contributed by atoms with E-state index in [9.17, 15) is 14.4 Å². The van der Waals surface area contributed by atoms with Crippen molar-refractivity contribution < 1.29 is 19.5 Å². The molecule has 3 aromatic carbocycles. The first-order valence-corrected chi connectivity index (χ1v) is 11.7. The van der Waals surface area contributed by atoms with E-state index in [1.807, 2.05) is 42.5 Å². The Morgan fingerprint density at radius 1 is 0.771 bits per heavy atom. The van der Waals surface area contributed by atoms with E-state index in [0.29, 0.717) is 6.42 Å². The van der Waals surface area contributed by atoms with Gasteiger partial charge in [-0.1, -0.05) is 78.9 Å². The standard InChI is InChI=1S/C28H31N3O4/c29-26(32)19-30-18-25(15-17-28(34)35)31-27(33)16-8-20-6-9-22(10-7-20)24-13-11-23(12-14-24)21-4-2-1-3-5-21/h1-7,9-14,25,30H,8,15-19H2,(H2,29,32)(H,31,33)(H,34,35). The number of carbonyl (C=O) groups excluding carboxylic acids is 2. The van der Waals surface area contributed by atoms with Gasteiger partial charge in [0.15, 0.2) is 0 Å². The highest BCUT2D eigenvalue weighted by atomic mass is 16.4. The van der Waals surface area contributed by atoms with Crippen molar-refractivity contribution >= 4 is 17.8 Å². The minimum Gasteiger partial charge on any atom is -0.481 e. The molecule has 0 fully saturated rings. The van der Waals surface area contributed by atoms with Crippen molar-refractivity contribution in [1.82, 2.24) is 10.6 Å². The SMILES string of the molecule is NC(=O)CNCC(CCC(=O)O)NC(=O)CCc1ccc(-c2ccc(-c3ccccc3)cc2)cc1. The van der Waals surface area contributed by atoms with Crippen molar-refractivity contribution in [2.24, 2.45) is 5.73 Å². The zero-order valence-electron chi connectivity index (χ0n) is 19.6.